The molecule has 0 atom stereocenters. The summed E-state index contributed by atoms with van der Waals surface area (Å²) in [6.07, 6.45) is 3.52. The van der Waals surface area contributed by atoms with Crippen molar-refractivity contribution in [2.45, 2.75) is 57.3 Å². The summed E-state index contributed by atoms with van der Waals surface area (Å²) < 4.78 is 6.07. The molecule has 0 spiro atoms. The lowest BCUT2D eigenvalue weighted by molar-refractivity contribution is -0.0428. The van der Waals surface area contributed by atoms with Crippen molar-refractivity contribution in [2.75, 3.05) is 25.4 Å². The van der Waals surface area contributed by atoms with Crippen LogP contribution in [0.25, 0.3) is 11.4 Å². The smallest absolute Gasteiger partial charge is 0.160 e. The number of hydrogen-bond acceptors (Lipinski definition) is 5. The van der Waals surface area contributed by atoms with E-state index in [0.717, 1.165) is 40.8 Å². The Kier molecular flexibility index (Phi) is 5.53. The van der Waals surface area contributed by atoms with Crippen molar-refractivity contribution in [3.05, 3.63) is 41.1 Å². The van der Waals surface area contributed by atoms with Crippen molar-refractivity contribution in [3.8, 4) is 11.4 Å². The van der Waals surface area contributed by atoms with Crippen molar-refractivity contribution in [2.24, 2.45) is 0 Å². The van der Waals surface area contributed by atoms with Crippen LogP contribution in [0.3, 0.4) is 0 Å². The van der Waals surface area contributed by atoms with Gasteiger partial charge in [0.1, 0.15) is 5.03 Å². The number of likely N-dealkylation sites (tertiary alicyclic amines) is 1. The quantitative estimate of drug-likeness (QED) is 0.562. The fraction of sp³-hybridized carbons (Fsp3) is 0.545. The van der Waals surface area contributed by atoms with Gasteiger partial charge >= 0.3 is 0 Å². The van der Waals surface area contributed by atoms with Gasteiger partial charge in [-0.25, -0.2) is 9.97 Å². The largest absolute Gasteiger partial charge is 0.370 e. The van der Waals surface area contributed by atoms with Gasteiger partial charge in [-0.05, 0) is 46.7 Å². The van der Waals surface area contributed by atoms with Crippen LogP contribution in [0, 0.1) is 6.92 Å². The van der Waals surface area contributed by atoms with E-state index in [1.54, 1.807) is 0 Å². The molecule has 2 aliphatic heterocycles. The molecule has 4 rings (SSSR count). The van der Waals surface area contributed by atoms with E-state index in [9.17, 15) is 0 Å². The standard InChI is InChI=1S/C22H29N3OS/c1-16-6-8-17(9-7-16)20-23-19-14-22(2,3)26-15-18(19)21(24-20)27-13-12-25-10-4-5-11-25/h6-9H,4-5,10-15H2,1-3H3. The number of ether oxygens (including phenoxy) is 1. The van der Waals surface area contributed by atoms with Gasteiger partial charge < -0.3 is 9.64 Å². The van der Waals surface area contributed by atoms with Crippen LogP contribution < -0.4 is 0 Å². The Hall–Kier alpha value is -1.43. The summed E-state index contributed by atoms with van der Waals surface area (Å²) in [5.41, 5.74) is 4.53. The van der Waals surface area contributed by atoms with Crippen molar-refractivity contribution >= 4 is 11.8 Å². The highest BCUT2D eigenvalue weighted by Gasteiger charge is 2.30. The van der Waals surface area contributed by atoms with Crippen LogP contribution in [-0.2, 0) is 17.8 Å². The van der Waals surface area contributed by atoms with Crippen molar-refractivity contribution < 1.29 is 4.74 Å². The molecular formula is C22H29N3OS. The third kappa shape index (κ3) is 4.53. The highest BCUT2D eigenvalue weighted by molar-refractivity contribution is 7.99. The lowest BCUT2D eigenvalue weighted by Gasteiger charge is -2.32. The maximum absolute atomic E-state index is 6.07. The summed E-state index contributed by atoms with van der Waals surface area (Å²) in [5, 5.41) is 1.10. The fourth-order valence-electron chi connectivity index (χ4n) is 3.75. The van der Waals surface area contributed by atoms with Gasteiger partial charge in [-0.3, -0.25) is 0 Å². The Morgan fingerprint density at radius 1 is 1.11 bits per heavy atom. The minimum Gasteiger partial charge on any atom is -0.370 e. The Balaban J connectivity index is 1.61. The molecular weight excluding hydrogens is 354 g/mol. The van der Waals surface area contributed by atoms with E-state index in [4.69, 9.17) is 14.7 Å². The first kappa shape index (κ1) is 18.9. The number of fused-ring (bicyclic) bond motifs is 1. The zero-order valence-electron chi connectivity index (χ0n) is 16.6. The van der Waals surface area contributed by atoms with E-state index in [0.29, 0.717) is 6.61 Å². The van der Waals surface area contributed by atoms with E-state index in [-0.39, 0.29) is 5.60 Å². The normalized spacial score (nSPS) is 19.2. The van der Waals surface area contributed by atoms with E-state index in [1.807, 2.05) is 11.8 Å². The molecule has 2 aliphatic rings. The molecule has 3 heterocycles. The van der Waals surface area contributed by atoms with Crippen molar-refractivity contribution in [1.29, 1.82) is 0 Å². The first-order valence-electron chi connectivity index (χ1n) is 9.96. The van der Waals surface area contributed by atoms with Crippen LogP contribution in [-0.4, -0.2) is 45.9 Å². The SMILES string of the molecule is Cc1ccc(-c2nc3c(c(SCCN4CCCC4)n2)COC(C)(C)C3)cc1. The van der Waals surface area contributed by atoms with Gasteiger partial charge in [0, 0.05) is 29.8 Å². The number of thioether (sulfide) groups is 1. The molecule has 0 N–H and O–H groups in total. The van der Waals surface area contributed by atoms with Gasteiger partial charge in [-0.1, -0.05) is 29.8 Å². The molecule has 2 aromatic rings. The number of benzene rings is 1. The fourth-order valence-corrected chi connectivity index (χ4v) is 4.79. The maximum atomic E-state index is 6.07. The Morgan fingerprint density at radius 2 is 1.85 bits per heavy atom. The second-order valence-electron chi connectivity index (χ2n) is 8.27. The van der Waals surface area contributed by atoms with Crippen molar-refractivity contribution in [3.63, 3.8) is 0 Å². The van der Waals surface area contributed by atoms with Crippen LogP contribution in [0.4, 0.5) is 0 Å². The van der Waals surface area contributed by atoms with Gasteiger partial charge in [-0.2, -0.15) is 0 Å². The second-order valence-corrected chi connectivity index (χ2v) is 9.35. The average Bonchev–Trinajstić information content (AvgIpc) is 3.14. The lowest BCUT2D eigenvalue weighted by atomic mass is 9.96. The molecule has 0 saturated carbocycles. The maximum Gasteiger partial charge on any atom is 0.160 e. The van der Waals surface area contributed by atoms with E-state index in [2.05, 4.69) is 49.9 Å². The zero-order chi connectivity index (χ0) is 18.9. The Bertz CT molecular complexity index is 798. The van der Waals surface area contributed by atoms with Crippen LogP contribution >= 0.6 is 11.8 Å². The predicted molar refractivity (Wildman–Crippen MR) is 111 cm³/mol. The van der Waals surface area contributed by atoms with Gasteiger partial charge in [-0.15, -0.1) is 11.8 Å². The number of aryl methyl sites for hydroxylation is 1. The number of hydrogen-bond donors (Lipinski definition) is 0. The Labute approximate surface area is 166 Å². The molecule has 0 aliphatic carbocycles. The topological polar surface area (TPSA) is 38.2 Å². The third-order valence-corrected chi connectivity index (χ3v) is 6.41. The molecule has 27 heavy (non-hydrogen) atoms. The second kappa shape index (κ2) is 7.90. The predicted octanol–water partition coefficient (Wildman–Crippen LogP) is 4.49. The highest BCUT2D eigenvalue weighted by atomic mass is 32.2. The summed E-state index contributed by atoms with van der Waals surface area (Å²) in [4.78, 5) is 12.4. The van der Waals surface area contributed by atoms with E-state index >= 15 is 0 Å². The molecule has 1 saturated heterocycles. The summed E-state index contributed by atoms with van der Waals surface area (Å²) in [7, 11) is 0. The molecule has 5 heteroatoms. The molecule has 0 radical (unpaired) electrons. The molecule has 0 amide bonds. The van der Waals surface area contributed by atoms with Gasteiger partial charge in [0.05, 0.1) is 17.9 Å². The summed E-state index contributed by atoms with van der Waals surface area (Å²) in [5.74, 6) is 1.91. The van der Waals surface area contributed by atoms with Crippen LogP contribution in [0.15, 0.2) is 29.3 Å². The van der Waals surface area contributed by atoms with Crippen LogP contribution in [0.5, 0.6) is 0 Å². The minimum atomic E-state index is -0.163. The minimum absolute atomic E-state index is 0.163. The molecule has 0 bridgehead atoms. The van der Waals surface area contributed by atoms with Gasteiger partial charge in [0.2, 0.25) is 0 Å². The molecule has 1 aromatic carbocycles. The number of aromatic nitrogens is 2. The monoisotopic (exact) mass is 383 g/mol. The Morgan fingerprint density at radius 3 is 2.59 bits per heavy atom. The first-order chi connectivity index (χ1) is 13.0. The molecule has 1 fully saturated rings. The summed E-state index contributed by atoms with van der Waals surface area (Å²) in [6, 6.07) is 8.51. The van der Waals surface area contributed by atoms with Gasteiger partial charge in [0.25, 0.3) is 0 Å². The first-order valence-corrected chi connectivity index (χ1v) is 10.9. The van der Waals surface area contributed by atoms with Crippen LogP contribution in [0.2, 0.25) is 0 Å². The molecule has 144 valence electrons. The highest BCUT2D eigenvalue weighted by Crippen LogP contribution is 2.34. The summed E-state index contributed by atoms with van der Waals surface area (Å²) in [6.45, 7) is 10.6. The number of nitrogens with zero attached hydrogens (tertiary/aromatic N) is 3. The zero-order valence-corrected chi connectivity index (χ0v) is 17.4. The van der Waals surface area contributed by atoms with Crippen molar-refractivity contribution in [1.82, 2.24) is 14.9 Å². The lowest BCUT2D eigenvalue weighted by Crippen LogP contribution is -2.33. The molecule has 0 unspecified atom stereocenters. The van der Waals surface area contributed by atoms with Gasteiger partial charge in [0.15, 0.2) is 5.82 Å². The molecule has 1 aromatic heterocycles. The summed E-state index contributed by atoms with van der Waals surface area (Å²) >= 11 is 1.86. The van der Waals surface area contributed by atoms with Crippen LogP contribution in [0.1, 0.15) is 43.5 Å². The van der Waals surface area contributed by atoms with E-state index < -0.39 is 0 Å². The molecule has 4 nitrogen and oxygen atoms in total. The number of rotatable bonds is 5. The average molecular weight is 384 g/mol. The van der Waals surface area contributed by atoms with E-state index in [1.165, 1.54) is 37.1 Å². The third-order valence-electron chi connectivity index (χ3n) is 5.41.